The van der Waals surface area contributed by atoms with E-state index in [-0.39, 0.29) is 36.5 Å². The van der Waals surface area contributed by atoms with Crippen molar-refractivity contribution in [2.75, 3.05) is 40.0 Å². The summed E-state index contributed by atoms with van der Waals surface area (Å²) in [4.78, 5) is 15.9. The minimum Gasteiger partial charge on any atom is -0.484 e. The number of carbonyl (C=O) groups is 1. The van der Waals surface area contributed by atoms with Crippen molar-refractivity contribution in [2.24, 2.45) is 10.9 Å². The zero-order valence-electron chi connectivity index (χ0n) is 18.4. The van der Waals surface area contributed by atoms with Crippen LogP contribution in [0.5, 0.6) is 5.75 Å². The molecular formula is C22H37IN4O3. The summed E-state index contributed by atoms with van der Waals surface area (Å²) < 4.78 is 11.1. The Balaban J connectivity index is 0.00000450. The number of aliphatic imine (C=N–C) groups is 1. The van der Waals surface area contributed by atoms with Crippen LogP contribution < -0.4 is 20.7 Å². The topological polar surface area (TPSA) is 84.0 Å². The van der Waals surface area contributed by atoms with Crippen LogP contribution in [0.1, 0.15) is 38.7 Å². The largest absolute Gasteiger partial charge is 0.484 e. The molecule has 0 saturated heterocycles. The molecule has 1 saturated carbocycles. The van der Waals surface area contributed by atoms with Crippen LogP contribution in [-0.4, -0.2) is 57.9 Å². The van der Waals surface area contributed by atoms with Crippen LogP contribution in [0.3, 0.4) is 0 Å². The summed E-state index contributed by atoms with van der Waals surface area (Å²) in [5.41, 5.74) is 1.20. The Bertz CT molecular complexity index is 634. The first-order chi connectivity index (χ1) is 14.1. The first kappa shape index (κ1) is 26.5. The van der Waals surface area contributed by atoms with Gasteiger partial charge in [0.2, 0.25) is 0 Å². The molecule has 0 bridgehead atoms. The van der Waals surface area contributed by atoms with Gasteiger partial charge in [-0.1, -0.05) is 26.0 Å². The minimum absolute atomic E-state index is 0. The zero-order valence-corrected chi connectivity index (χ0v) is 20.7. The lowest BCUT2D eigenvalue weighted by molar-refractivity contribution is -0.123. The second-order valence-electron chi connectivity index (χ2n) is 7.77. The first-order valence-corrected chi connectivity index (χ1v) is 10.6. The van der Waals surface area contributed by atoms with Gasteiger partial charge in [-0.3, -0.25) is 9.79 Å². The fourth-order valence-corrected chi connectivity index (χ4v) is 2.64. The fourth-order valence-electron chi connectivity index (χ4n) is 2.64. The molecule has 0 unspecified atom stereocenters. The number of hydrogen-bond donors (Lipinski definition) is 3. The van der Waals surface area contributed by atoms with Gasteiger partial charge in [-0.2, -0.15) is 0 Å². The number of halogens is 1. The number of amides is 1. The maximum atomic E-state index is 11.7. The van der Waals surface area contributed by atoms with E-state index in [9.17, 15) is 4.79 Å². The number of nitrogens with zero attached hydrogens (tertiary/aromatic N) is 1. The van der Waals surface area contributed by atoms with Crippen molar-refractivity contribution in [1.29, 1.82) is 0 Å². The molecule has 0 radical (unpaired) electrons. The van der Waals surface area contributed by atoms with Gasteiger partial charge >= 0.3 is 0 Å². The van der Waals surface area contributed by atoms with Crippen molar-refractivity contribution in [2.45, 2.75) is 45.6 Å². The molecule has 0 heterocycles. The van der Waals surface area contributed by atoms with Crippen molar-refractivity contribution < 1.29 is 14.3 Å². The second kappa shape index (κ2) is 15.3. The van der Waals surface area contributed by atoms with E-state index in [1.807, 2.05) is 24.3 Å². The van der Waals surface area contributed by atoms with Crippen LogP contribution in [-0.2, 0) is 16.0 Å². The number of benzene rings is 1. The van der Waals surface area contributed by atoms with Gasteiger partial charge in [-0.15, -0.1) is 24.0 Å². The smallest absolute Gasteiger partial charge is 0.258 e. The van der Waals surface area contributed by atoms with E-state index < -0.39 is 0 Å². The number of carbonyl (C=O) groups excluding carboxylic acids is 1. The molecule has 2 rings (SSSR count). The number of rotatable bonds is 13. The van der Waals surface area contributed by atoms with Crippen LogP contribution in [0.2, 0.25) is 0 Å². The van der Waals surface area contributed by atoms with Crippen LogP contribution in [0.25, 0.3) is 0 Å². The third-order valence-corrected chi connectivity index (χ3v) is 4.37. The van der Waals surface area contributed by atoms with Gasteiger partial charge in [0, 0.05) is 39.4 Å². The molecule has 1 aliphatic carbocycles. The Morgan fingerprint density at radius 1 is 1.17 bits per heavy atom. The van der Waals surface area contributed by atoms with Gasteiger partial charge in [0.1, 0.15) is 5.75 Å². The van der Waals surface area contributed by atoms with Crippen molar-refractivity contribution in [3.05, 3.63) is 29.8 Å². The summed E-state index contributed by atoms with van der Waals surface area (Å²) in [5.74, 6) is 2.04. The molecule has 3 N–H and O–H groups in total. The van der Waals surface area contributed by atoms with Crippen molar-refractivity contribution in [1.82, 2.24) is 16.0 Å². The maximum absolute atomic E-state index is 11.7. The highest BCUT2D eigenvalue weighted by Crippen LogP contribution is 2.18. The Morgan fingerprint density at radius 2 is 1.87 bits per heavy atom. The number of nitrogens with one attached hydrogen (secondary N) is 3. The summed E-state index contributed by atoms with van der Waals surface area (Å²) in [6, 6.07) is 8.23. The quantitative estimate of drug-likeness (QED) is 0.158. The molecular weight excluding hydrogens is 495 g/mol. The predicted molar refractivity (Wildman–Crippen MR) is 132 cm³/mol. The SMILES string of the molecule is CN=C(NCCCOCC(C)C)NCCc1ccc(OCC(=O)NC2CC2)cc1.I. The molecule has 0 aromatic heterocycles. The molecule has 1 aromatic rings. The van der Waals surface area contributed by atoms with E-state index >= 15 is 0 Å². The molecule has 1 aliphatic rings. The van der Waals surface area contributed by atoms with E-state index in [1.165, 1.54) is 5.56 Å². The summed E-state index contributed by atoms with van der Waals surface area (Å²) in [6.45, 7) is 7.56. The first-order valence-electron chi connectivity index (χ1n) is 10.6. The van der Waals surface area contributed by atoms with Gasteiger partial charge in [0.05, 0.1) is 0 Å². The number of hydrogen-bond acceptors (Lipinski definition) is 4. The second-order valence-corrected chi connectivity index (χ2v) is 7.77. The van der Waals surface area contributed by atoms with Crippen molar-refractivity contribution in [3.63, 3.8) is 0 Å². The third kappa shape index (κ3) is 12.2. The van der Waals surface area contributed by atoms with E-state index in [2.05, 4.69) is 34.8 Å². The Kier molecular flexibility index (Phi) is 13.5. The van der Waals surface area contributed by atoms with Crippen LogP contribution in [0, 0.1) is 5.92 Å². The normalized spacial score (nSPS) is 13.5. The van der Waals surface area contributed by atoms with E-state index in [1.54, 1.807) is 7.05 Å². The Morgan fingerprint density at radius 3 is 2.50 bits per heavy atom. The van der Waals surface area contributed by atoms with E-state index in [0.29, 0.717) is 17.7 Å². The van der Waals surface area contributed by atoms with Crippen molar-refractivity contribution in [3.8, 4) is 5.75 Å². The van der Waals surface area contributed by atoms with E-state index in [0.717, 1.165) is 57.9 Å². The van der Waals surface area contributed by atoms with Crippen molar-refractivity contribution >= 4 is 35.8 Å². The highest BCUT2D eigenvalue weighted by molar-refractivity contribution is 14.0. The predicted octanol–water partition coefficient (Wildman–Crippen LogP) is 2.73. The molecule has 1 fully saturated rings. The van der Waals surface area contributed by atoms with E-state index in [4.69, 9.17) is 9.47 Å². The van der Waals surface area contributed by atoms with Gasteiger partial charge < -0.3 is 25.4 Å². The lowest BCUT2D eigenvalue weighted by atomic mass is 10.1. The average Bonchev–Trinajstić information content (AvgIpc) is 3.52. The standard InChI is InChI=1S/C22H36N4O3.HI/c1-17(2)15-28-14-4-12-24-22(23-3)25-13-11-18-5-9-20(10-6-18)29-16-21(27)26-19-7-8-19;/h5-6,9-10,17,19H,4,7-8,11-16H2,1-3H3,(H,26,27)(H2,23,24,25);1H. The number of ether oxygens (including phenoxy) is 2. The Hall–Kier alpha value is -1.55. The lowest BCUT2D eigenvalue weighted by Crippen LogP contribution is -2.39. The summed E-state index contributed by atoms with van der Waals surface area (Å²) in [6.07, 6.45) is 4.00. The summed E-state index contributed by atoms with van der Waals surface area (Å²) >= 11 is 0. The van der Waals surface area contributed by atoms with Gasteiger partial charge in [-0.05, 0) is 49.3 Å². The monoisotopic (exact) mass is 532 g/mol. The molecule has 0 atom stereocenters. The van der Waals surface area contributed by atoms with Crippen LogP contribution >= 0.6 is 24.0 Å². The third-order valence-electron chi connectivity index (χ3n) is 4.37. The molecule has 0 aliphatic heterocycles. The molecule has 7 nitrogen and oxygen atoms in total. The molecule has 1 amide bonds. The van der Waals surface area contributed by atoms with Gasteiger partial charge in [0.15, 0.2) is 12.6 Å². The maximum Gasteiger partial charge on any atom is 0.258 e. The lowest BCUT2D eigenvalue weighted by Gasteiger charge is -2.12. The molecule has 30 heavy (non-hydrogen) atoms. The zero-order chi connectivity index (χ0) is 20.9. The molecule has 8 heteroatoms. The highest BCUT2D eigenvalue weighted by atomic mass is 127. The van der Waals surface area contributed by atoms with Gasteiger partial charge in [0.25, 0.3) is 5.91 Å². The molecule has 1 aromatic carbocycles. The Labute approximate surface area is 197 Å². The summed E-state index contributed by atoms with van der Waals surface area (Å²) in [5, 5.41) is 9.53. The van der Waals surface area contributed by atoms with Crippen LogP contribution in [0.15, 0.2) is 29.3 Å². The average molecular weight is 532 g/mol. The highest BCUT2D eigenvalue weighted by Gasteiger charge is 2.23. The molecule has 170 valence electrons. The minimum atomic E-state index is -0.0499. The van der Waals surface area contributed by atoms with Gasteiger partial charge in [-0.25, -0.2) is 0 Å². The van der Waals surface area contributed by atoms with Crippen LogP contribution in [0.4, 0.5) is 0 Å². The fraction of sp³-hybridized carbons (Fsp3) is 0.636. The number of guanidine groups is 1. The molecule has 0 spiro atoms. The summed E-state index contributed by atoms with van der Waals surface area (Å²) in [7, 11) is 1.77.